The Hall–Kier alpha value is -1.33. The highest BCUT2D eigenvalue weighted by molar-refractivity contribution is 5.73. The second-order valence-corrected chi connectivity index (χ2v) is 7.74. The van der Waals surface area contributed by atoms with E-state index >= 15 is 0 Å². The number of alkyl halides is 1. The molecule has 1 aliphatic heterocycles. The molecule has 1 heterocycles. The van der Waals surface area contributed by atoms with Crippen molar-refractivity contribution in [3.8, 4) is 0 Å². The molecule has 0 saturated carbocycles. The fraction of sp³-hybridized carbons (Fsp3) is 0.875. The third-order valence-electron chi connectivity index (χ3n) is 3.10. The summed E-state index contributed by atoms with van der Waals surface area (Å²) in [7, 11) is 0. The van der Waals surface area contributed by atoms with Gasteiger partial charge in [-0.1, -0.05) is 0 Å². The van der Waals surface area contributed by atoms with Crippen LogP contribution in [0.1, 0.15) is 60.8 Å². The van der Waals surface area contributed by atoms with Gasteiger partial charge in [0.25, 0.3) is 0 Å². The van der Waals surface area contributed by atoms with Crippen molar-refractivity contribution in [3.63, 3.8) is 0 Å². The van der Waals surface area contributed by atoms with E-state index in [0.29, 0.717) is 0 Å². The molecule has 128 valence electrons. The quantitative estimate of drug-likeness (QED) is 0.732. The average molecular weight is 317 g/mol. The molecule has 0 bridgehead atoms. The Bertz CT molecular complexity index is 411. The molecular formula is C16H28FNO4. The third kappa shape index (κ3) is 6.62. The Balaban J connectivity index is 2.73. The van der Waals surface area contributed by atoms with E-state index in [4.69, 9.17) is 9.47 Å². The SMILES string of the molecule is CC(C)(C)OC(=O)C[C@@H]1CC(F)CCN1C(=O)OC(C)(C)C. The lowest BCUT2D eigenvalue weighted by Crippen LogP contribution is -2.49. The van der Waals surface area contributed by atoms with Gasteiger partial charge in [-0.05, 0) is 54.4 Å². The van der Waals surface area contributed by atoms with Gasteiger partial charge in [-0.2, -0.15) is 0 Å². The molecule has 6 heteroatoms. The van der Waals surface area contributed by atoms with Crippen LogP contribution in [0.15, 0.2) is 0 Å². The molecule has 1 unspecified atom stereocenters. The predicted molar refractivity (Wildman–Crippen MR) is 81.3 cm³/mol. The number of hydrogen-bond acceptors (Lipinski definition) is 4. The largest absolute Gasteiger partial charge is 0.460 e. The minimum absolute atomic E-state index is 0.0169. The summed E-state index contributed by atoms with van der Waals surface area (Å²) in [4.78, 5) is 25.6. The number of rotatable bonds is 2. The number of nitrogens with zero attached hydrogens (tertiary/aromatic N) is 1. The van der Waals surface area contributed by atoms with Crippen LogP contribution in [0, 0.1) is 0 Å². The van der Waals surface area contributed by atoms with Gasteiger partial charge in [-0.25, -0.2) is 9.18 Å². The van der Waals surface area contributed by atoms with Gasteiger partial charge in [-0.3, -0.25) is 4.79 Å². The number of halogens is 1. The van der Waals surface area contributed by atoms with Crippen molar-refractivity contribution in [2.75, 3.05) is 6.54 Å². The second-order valence-electron chi connectivity index (χ2n) is 7.74. The minimum Gasteiger partial charge on any atom is -0.460 e. The Labute approximate surface area is 132 Å². The van der Waals surface area contributed by atoms with Crippen LogP contribution in [0.4, 0.5) is 9.18 Å². The first-order valence-electron chi connectivity index (χ1n) is 7.73. The Kier molecular flexibility index (Phi) is 5.82. The molecule has 0 aliphatic carbocycles. The summed E-state index contributed by atoms with van der Waals surface area (Å²) in [5.41, 5.74) is -1.22. The first-order chi connectivity index (χ1) is 9.87. The van der Waals surface area contributed by atoms with Gasteiger partial charge < -0.3 is 14.4 Å². The first-order valence-corrected chi connectivity index (χ1v) is 7.73. The molecule has 0 aromatic rings. The Morgan fingerprint density at radius 2 is 1.64 bits per heavy atom. The van der Waals surface area contributed by atoms with Crippen LogP contribution in [0.2, 0.25) is 0 Å². The number of carbonyl (C=O) groups is 2. The number of amides is 1. The summed E-state index contributed by atoms with van der Waals surface area (Å²) in [6, 6.07) is -0.520. The monoisotopic (exact) mass is 317 g/mol. The summed E-state index contributed by atoms with van der Waals surface area (Å²) in [5, 5.41) is 0. The molecule has 0 spiro atoms. The molecule has 0 aromatic carbocycles. The molecule has 5 nitrogen and oxygen atoms in total. The zero-order valence-electron chi connectivity index (χ0n) is 14.4. The molecule has 1 fully saturated rings. The molecular weight excluding hydrogens is 289 g/mol. The van der Waals surface area contributed by atoms with Crippen LogP contribution >= 0.6 is 0 Å². The van der Waals surface area contributed by atoms with E-state index in [2.05, 4.69) is 0 Å². The Morgan fingerprint density at radius 3 is 2.14 bits per heavy atom. The van der Waals surface area contributed by atoms with E-state index in [1.54, 1.807) is 41.5 Å². The summed E-state index contributed by atoms with van der Waals surface area (Å²) >= 11 is 0. The smallest absolute Gasteiger partial charge is 0.410 e. The first kappa shape index (κ1) is 18.7. The average Bonchev–Trinajstić information content (AvgIpc) is 2.23. The van der Waals surface area contributed by atoms with Crippen LogP contribution in [-0.4, -0.2) is 46.9 Å². The highest BCUT2D eigenvalue weighted by Gasteiger charge is 2.36. The van der Waals surface area contributed by atoms with E-state index < -0.39 is 35.5 Å². The van der Waals surface area contributed by atoms with Gasteiger partial charge in [0.1, 0.15) is 17.4 Å². The van der Waals surface area contributed by atoms with Crippen molar-refractivity contribution < 1.29 is 23.5 Å². The summed E-state index contributed by atoms with van der Waals surface area (Å²) < 4.78 is 24.3. The number of esters is 1. The molecule has 0 aromatic heterocycles. The molecule has 1 amide bonds. The van der Waals surface area contributed by atoms with E-state index in [1.807, 2.05) is 0 Å². The summed E-state index contributed by atoms with van der Waals surface area (Å²) in [5.74, 6) is -0.430. The topological polar surface area (TPSA) is 55.8 Å². The maximum absolute atomic E-state index is 13.7. The van der Waals surface area contributed by atoms with Crippen molar-refractivity contribution in [2.45, 2.75) is 84.2 Å². The molecule has 1 rings (SSSR count). The zero-order chi connectivity index (χ0) is 17.1. The lowest BCUT2D eigenvalue weighted by Gasteiger charge is -2.37. The van der Waals surface area contributed by atoms with Gasteiger partial charge in [-0.15, -0.1) is 0 Å². The highest BCUT2D eigenvalue weighted by Crippen LogP contribution is 2.25. The van der Waals surface area contributed by atoms with E-state index in [-0.39, 0.29) is 25.8 Å². The van der Waals surface area contributed by atoms with Crippen molar-refractivity contribution in [2.24, 2.45) is 0 Å². The predicted octanol–water partition coefficient (Wildman–Crippen LogP) is 3.46. The van der Waals surface area contributed by atoms with E-state index in [0.717, 1.165) is 0 Å². The lowest BCUT2D eigenvalue weighted by atomic mass is 9.98. The molecule has 1 aliphatic rings. The maximum atomic E-state index is 13.7. The van der Waals surface area contributed by atoms with Crippen molar-refractivity contribution in [3.05, 3.63) is 0 Å². The number of likely N-dealkylation sites (tertiary alicyclic amines) is 1. The lowest BCUT2D eigenvalue weighted by molar-refractivity contribution is -0.156. The van der Waals surface area contributed by atoms with Gasteiger partial charge >= 0.3 is 12.1 Å². The zero-order valence-corrected chi connectivity index (χ0v) is 14.4. The number of piperidine rings is 1. The van der Waals surface area contributed by atoms with Gasteiger partial charge in [0.15, 0.2) is 0 Å². The van der Waals surface area contributed by atoms with Crippen molar-refractivity contribution >= 4 is 12.1 Å². The van der Waals surface area contributed by atoms with Gasteiger partial charge in [0, 0.05) is 12.6 Å². The molecule has 0 radical (unpaired) electrons. The van der Waals surface area contributed by atoms with Crippen LogP contribution in [0.25, 0.3) is 0 Å². The second kappa shape index (κ2) is 6.84. The van der Waals surface area contributed by atoms with E-state index in [9.17, 15) is 14.0 Å². The standard InChI is InChI=1S/C16H28FNO4/c1-15(2,3)21-13(19)10-12-9-11(17)7-8-18(12)14(20)22-16(4,5)6/h11-12H,7-10H2,1-6H3/t11?,12-/m0/s1. The van der Waals surface area contributed by atoms with Crippen LogP contribution in [0.3, 0.4) is 0 Å². The molecule has 2 atom stereocenters. The summed E-state index contributed by atoms with van der Waals surface area (Å²) in [6.07, 6.45) is -1.13. The maximum Gasteiger partial charge on any atom is 0.410 e. The number of carbonyl (C=O) groups excluding carboxylic acids is 2. The normalized spacial score (nSPS) is 23.1. The Morgan fingerprint density at radius 1 is 1.09 bits per heavy atom. The van der Waals surface area contributed by atoms with Crippen LogP contribution < -0.4 is 0 Å². The van der Waals surface area contributed by atoms with Gasteiger partial charge in [0.05, 0.1) is 6.42 Å². The molecule has 1 saturated heterocycles. The van der Waals surface area contributed by atoms with Crippen molar-refractivity contribution in [1.29, 1.82) is 0 Å². The fourth-order valence-electron chi connectivity index (χ4n) is 2.33. The molecule has 0 N–H and O–H groups in total. The number of ether oxygens (including phenoxy) is 2. The fourth-order valence-corrected chi connectivity index (χ4v) is 2.33. The van der Waals surface area contributed by atoms with E-state index in [1.165, 1.54) is 4.90 Å². The number of hydrogen-bond donors (Lipinski definition) is 0. The molecule has 22 heavy (non-hydrogen) atoms. The van der Waals surface area contributed by atoms with Gasteiger partial charge in [0.2, 0.25) is 0 Å². The van der Waals surface area contributed by atoms with Crippen LogP contribution in [0.5, 0.6) is 0 Å². The van der Waals surface area contributed by atoms with Crippen LogP contribution in [-0.2, 0) is 14.3 Å². The summed E-state index contributed by atoms with van der Waals surface area (Å²) in [6.45, 7) is 10.9. The third-order valence-corrected chi connectivity index (χ3v) is 3.10. The minimum atomic E-state index is -1.01. The highest BCUT2D eigenvalue weighted by atomic mass is 19.1. The van der Waals surface area contributed by atoms with Crippen molar-refractivity contribution in [1.82, 2.24) is 4.90 Å².